The first kappa shape index (κ1) is 11.9. The van der Waals surface area contributed by atoms with Gasteiger partial charge in [-0.15, -0.1) is 0 Å². The second-order valence-electron chi connectivity index (χ2n) is 3.89. The first-order chi connectivity index (χ1) is 8.19. The largest absolute Gasteiger partial charge is 0.380 e. The summed E-state index contributed by atoms with van der Waals surface area (Å²) in [6.45, 7) is 0.724. The van der Waals surface area contributed by atoms with Crippen molar-refractivity contribution in [3.8, 4) is 0 Å². The third kappa shape index (κ3) is 2.13. The van der Waals surface area contributed by atoms with Gasteiger partial charge < -0.3 is 4.74 Å². The summed E-state index contributed by atoms with van der Waals surface area (Å²) in [4.78, 5) is 14.5. The van der Waals surface area contributed by atoms with Gasteiger partial charge in [0.2, 0.25) is 5.91 Å². The van der Waals surface area contributed by atoms with E-state index in [0.717, 1.165) is 5.56 Å². The third-order valence-corrected chi connectivity index (χ3v) is 3.22. The van der Waals surface area contributed by atoms with Gasteiger partial charge >= 0.3 is 0 Å². The highest BCUT2D eigenvalue weighted by atomic mass is 35.5. The molecule has 17 heavy (non-hydrogen) atoms. The fourth-order valence-corrected chi connectivity index (χ4v) is 2.12. The van der Waals surface area contributed by atoms with Crippen molar-refractivity contribution in [1.29, 1.82) is 0 Å². The third-order valence-electron chi connectivity index (χ3n) is 2.96. The average Bonchev–Trinajstić information content (AvgIpc) is 2.81. The minimum absolute atomic E-state index is 0.243. The molecule has 0 bridgehead atoms. The van der Waals surface area contributed by atoms with Crippen molar-refractivity contribution < 1.29 is 9.53 Å². The molecule has 6 heteroatoms. The lowest BCUT2D eigenvalue weighted by Crippen LogP contribution is -2.35. The number of halogens is 1. The standard InChI is InChI=1S/C11H10ClN3O2/c12-9-3-1-8(2-4-9)11(5-6-17-7-11)10(16)14-15-13/h1-4H,5-7H2. The molecule has 2 rings (SSSR count). The Morgan fingerprint density at radius 1 is 1.47 bits per heavy atom. The van der Waals surface area contributed by atoms with Crippen LogP contribution in [-0.2, 0) is 14.9 Å². The molecule has 0 N–H and O–H groups in total. The van der Waals surface area contributed by atoms with Gasteiger partial charge in [0.25, 0.3) is 0 Å². The molecular weight excluding hydrogens is 242 g/mol. The number of carbonyl (C=O) groups is 1. The van der Waals surface area contributed by atoms with Gasteiger partial charge in [-0.2, -0.15) is 0 Å². The fourth-order valence-electron chi connectivity index (χ4n) is 1.99. The van der Waals surface area contributed by atoms with Crippen LogP contribution in [0, 0.1) is 0 Å². The Balaban J connectivity index is 2.44. The Morgan fingerprint density at radius 2 is 2.18 bits per heavy atom. The van der Waals surface area contributed by atoms with Crippen molar-refractivity contribution in [3.05, 3.63) is 45.3 Å². The lowest BCUT2D eigenvalue weighted by atomic mass is 9.79. The fraction of sp³-hybridized carbons (Fsp3) is 0.364. The average molecular weight is 252 g/mol. The Hall–Kier alpha value is -1.55. The van der Waals surface area contributed by atoms with E-state index in [1.807, 2.05) is 0 Å². The molecule has 5 nitrogen and oxygen atoms in total. The summed E-state index contributed by atoms with van der Waals surface area (Å²) in [5.41, 5.74) is 8.30. The normalized spacial score (nSPS) is 23.1. The smallest absolute Gasteiger partial charge is 0.231 e. The Labute approximate surface area is 103 Å². The monoisotopic (exact) mass is 251 g/mol. The van der Waals surface area contributed by atoms with Gasteiger partial charge in [0, 0.05) is 16.5 Å². The molecule has 1 saturated heterocycles. The summed E-state index contributed by atoms with van der Waals surface area (Å²) in [6, 6.07) is 6.95. The van der Waals surface area contributed by atoms with Crippen molar-refractivity contribution in [3.63, 3.8) is 0 Å². The Kier molecular flexibility index (Phi) is 3.33. The molecular formula is C11H10ClN3O2. The highest BCUT2D eigenvalue weighted by Crippen LogP contribution is 2.35. The minimum atomic E-state index is -0.850. The number of hydrogen-bond donors (Lipinski definition) is 0. The van der Waals surface area contributed by atoms with Gasteiger partial charge in [0.05, 0.1) is 12.0 Å². The van der Waals surface area contributed by atoms with E-state index in [0.29, 0.717) is 18.1 Å². The zero-order valence-electron chi connectivity index (χ0n) is 8.97. The number of benzene rings is 1. The van der Waals surface area contributed by atoms with E-state index in [1.54, 1.807) is 24.3 Å². The highest BCUT2D eigenvalue weighted by Gasteiger charge is 2.43. The maximum atomic E-state index is 11.9. The van der Waals surface area contributed by atoms with Crippen LogP contribution >= 0.6 is 11.6 Å². The number of nitrogens with zero attached hydrogens (tertiary/aromatic N) is 3. The predicted octanol–water partition coefficient (Wildman–Crippen LogP) is 2.84. The molecule has 1 atom stereocenters. The predicted molar refractivity (Wildman–Crippen MR) is 62.7 cm³/mol. The van der Waals surface area contributed by atoms with E-state index in [9.17, 15) is 4.79 Å². The van der Waals surface area contributed by atoms with Gasteiger partial charge in [0.1, 0.15) is 0 Å². The minimum Gasteiger partial charge on any atom is -0.380 e. The molecule has 1 amide bonds. The number of rotatable bonds is 2. The molecule has 1 aromatic carbocycles. The van der Waals surface area contributed by atoms with E-state index in [1.165, 1.54) is 0 Å². The number of amides is 1. The lowest BCUT2D eigenvalue weighted by Gasteiger charge is -2.23. The molecule has 1 heterocycles. The van der Waals surface area contributed by atoms with Crippen molar-refractivity contribution in [2.75, 3.05) is 13.2 Å². The molecule has 0 spiro atoms. The van der Waals surface area contributed by atoms with Crippen LogP contribution in [0.5, 0.6) is 0 Å². The summed E-state index contributed by atoms with van der Waals surface area (Å²) < 4.78 is 5.28. The number of azide groups is 1. The van der Waals surface area contributed by atoms with E-state index in [2.05, 4.69) is 10.0 Å². The summed E-state index contributed by atoms with van der Waals surface area (Å²) in [5.74, 6) is -0.500. The Bertz CT molecular complexity index is 474. The number of ether oxygens (including phenoxy) is 1. The molecule has 1 aliphatic rings. The summed E-state index contributed by atoms with van der Waals surface area (Å²) >= 11 is 5.81. The maximum absolute atomic E-state index is 11.9. The molecule has 1 aromatic rings. The summed E-state index contributed by atoms with van der Waals surface area (Å²) in [5, 5.41) is 3.80. The molecule has 1 unspecified atom stereocenters. The van der Waals surface area contributed by atoms with Gasteiger partial charge in [-0.1, -0.05) is 23.7 Å². The van der Waals surface area contributed by atoms with Gasteiger partial charge in [-0.3, -0.25) is 4.79 Å². The molecule has 0 radical (unpaired) electrons. The van der Waals surface area contributed by atoms with Crippen LogP contribution in [0.25, 0.3) is 10.4 Å². The molecule has 0 aromatic heterocycles. The van der Waals surface area contributed by atoms with Crippen LogP contribution in [0.4, 0.5) is 0 Å². The first-order valence-corrected chi connectivity index (χ1v) is 5.50. The van der Waals surface area contributed by atoms with E-state index >= 15 is 0 Å². The highest BCUT2D eigenvalue weighted by molar-refractivity contribution is 6.30. The van der Waals surface area contributed by atoms with Crippen LogP contribution < -0.4 is 0 Å². The second kappa shape index (κ2) is 4.75. The zero-order chi connectivity index (χ0) is 12.3. The van der Waals surface area contributed by atoms with Gasteiger partial charge in [-0.25, -0.2) is 0 Å². The SMILES string of the molecule is [N-]=[N+]=NC(=O)C1(c2ccc(Cl)cc2)CCOC1. The molecule has 0 aliphatic carbocycles. The van der Waals surface area contributed by atoms with Crippen molar-refractivity contribution in [2.24, 2.45) is 5.11 Å². The van der Waals surface area contributed by atoms with Crippen molar-refractivity contribution in [2.45, 2.75) is 11.8 Å². The first-order valence-electron chi connectivity index (χ1n) is 5.12. The van der Waals surface area contributed by atoms with Crippen LogP contribution in [0.2, 0.25) is 5.02 Å². The second-order valence-corrected chi connectivity index (χ2v) is 4.32. The summed E-state index contributed by atoms with van der Waals surface area (Å²) in [6.07, 6.45) is 0.520. The van der Waals surface area contributed by atoms with Crippen LogP contribution in [0.1, 0.15) is 12.0 Å². The van der Waals surface area contributed by atoms with E-state index in [-0.39, 0.29) is 6.61 Å². The summed E-state index contributed by atoms with van der Waals surface area (Å²) in [7, 11) is 0. The lowest BCUT2D eigenvalue weighted by molar-refractivity contribution is -0.123. The van der Waals surface area contributed by atoms with Crippen LogP contribution in [0.15, 0.2) is 29.4 Å². The molecule has 88 valence electrons. The maximum Gasteiger partial charge on any atom is 0.231 e. The molecule has 1 fully saturated rings. The molecule has 1 aliphatic heterocycles. The zero-order valence-corrected chi connectivity index (χ0v) is 9.72. The quantitative estimate of drug-likeness (QED) is 0.460. The topological polar surface area (TPSA) is 75.1 Å². The van der Waals surface area contributed by atoms with E-state index in [4.69, 9.17) is 21.9 Å². The van der Waals surface area contributed by atoms with Crippen LogP contribution in [0.3, 0.4) is 0 Å². The van der Waals surface area contributed by atoms with Gasteiger partial charge in [0.15, 0.2) is 0 Å². The van der Waals surface area contributed by atoms with Crippen molar-refractivity contribution >= 4 is 17.5 Å². The number of hydrogen-bond acceptors (Lipinski definition) is 2. The number of carbonyl (C=O) groups excluding carboxylic acids is 1. The Morgan fingerprint density at radius 3 is 2.71 bits per heavy atom. The molecule has 0 saturated carbocycles. The van der Waals surface area contributed by atoms with Crippen molar-refractivity contribution in [1.82, 2.24) is 0 Å². The van der Waals surface area contributed by atoms with E-state index < -0.39 is 11.3 Å². The van der Waals surface area contributed by atoms with Gasteiger partial charge in [-0.05, 0) is 34.8 Å². The van der Waals surface area contributed by atoms with Crippen LogP contribution in [-0.4, -0.2) is 19.1 Å².